The molecule has 0 aliphatic rings. The Kier molecular flexibility index (Phi) is 7.24. The number of carbonyl (C=O) groups is 3. The minimum absolute atomic E-state index is 0.161. The number of thiophene rings is 1. The van der Waals surface area contributed by atoms with Gasteiger partial charge in [0.15, 0.2) is 0 Å². The van der Waals surface area contributed by atoms with Gasteiger partial charge < -0.3 is 15.4 Å². The molecule has 9 heteroatoms. The molecule has 2 rings (SSSR count). The van der Waals surface area contributed by atoms with Crippen molar-refractivity contribution in [1.82, 2.24) is 0 Å². The fourth-order valence-electron chi connectivity index (χ4n) is 2.36. The Labute approximate surface area is 170 Å². The number of benzene rings is 1. The van der Waals surface area contributed by atoms with E-state index in [4.69, 9.17) is 27.9 Å². The number of amides is 2. The Morgan fingerprint density at radius 3 is 2.52 bits per heavy atom. The molecule has 0 aliphatic heterocycles. The minimum Gasteiger partial charge on any atom is -0.465 e. The smallest absolute Gasteiger partial charge is 0.341 e. The van der Waals surface area contributed by atoms with E-state index >= 15 is 0 Å². The van der Waals surface area contributed by atoms with Crippen molar-refractivity contribution in [2.24, 2.45) is 0 Å². The topological polar surface area (TPSA) is 84.5 Å². The van der Waals surface area contributed by atoms with E-state index in [1.807, 2.05) is 6.92 Å². The van der Waals surface area contributed by atoms with Crippen LogP contribution < -0.4 is 10.6 Å². The highest BCUT2D eigenvalue weighted by atomic mass is 35.5. The predicted molar refractivity (Wildman–Crippen MR) is 108 cm³/mol. The highest BCUT2D eigenvalue weighted by molar-refractivity contribution is 7.19. The van der Waals surface area contributed by atoms with Gasteiger partial charge in [-0.25, -0.2) is 4.79 Å². The van der Waals surface area contributed by atoms with Gasteiger partial charge in [-0.15, -0.1) is 11.3 Å². The summed E-state index contributed by atoms with van der Waals surface area (Å²) in [6.45, 7) is 3.49. The van der Waals surface area contributed by atoms with E-state index in [0.29, 0.717) is 29.1 Å². The van der Waals surface area contributed by atoms with Gasteiger partial charge in [0.05, 0.1) is 33.3 Å². The average molecular weight is 429 g/mol. The summed E-state index contributed by atoms with van der Waals surface area (Å²) in [7, 11) is 1.24. The molecule has 1 heterocycles. The molecule has 0 atom stereocenters. The molecule has 0 saturated heterocycles. The maximum atomic E-state index is 12.7. The third kappa shape index (κ3) is 4.80. The Morgan fingerprint density at radius 2 is 1.89 bits per heavy atom. The second-order valence-corrected chi connectivity index (χ2v) is 7.41. The van der Waals surface area contributed by atoms with Crippen LogP contribution in [0.1, 0.15) is 45.4 Å². The quantitative estimate of drug-likeness (QED) is 0.623. The summed E-state index contributed by atoms with van der Waals surface area (Å²) in [5.74, 6) is -1.34. The standard InChI is InChI=1S/C18H18Cl2N2O4S/c1-4-6-12(23)22-17-13(18(25)26-3)9(2)15(27-17)16(24)21-11-8-5-7-10(19)14(11)20/h5,7-8H,4,6H2,1-3H3,(H,21,24)(H,22,23). The first kappa shape index (κ1) is 21.2. The number of rotatable bonds is 6. The lowest BCUT2D eigenvalue weighted by Crippen LogP contribution is -2.14. The van der Waals surface area contributed by atoms with E-state index in [2.05, 4.69) is 10.6 Å². The molecule has 1 aromatic heterocycles. The number of nitrogens with one attached hydrogen (secondary N) is 2. The summed E-state index contributed by atoms with van der Waals surface area (Å²) in [6.07, 6.45) is 0.960. The molecule has 0 saturated carbocycles. The SMILES string of the molecule is CCCC(=O)Nc1sc(C(=O)Nc2cccc(Cl)c2Cl)c(C)c1C(=O)OC. The second kappa shape index (κ2) is 9.21. The van der Waals surface area contributed by atoms with E-state index in [9.17, 15) is 14.4 Å². The van der Waals surface area contributed by atoms with Gasteiger partial charge in [-0.05, 0) is 31.0 Å². The fraction of sp³-hybridized carbons (Fsp3) is 0.278. The van der Waals surface area contributed by atoms with Crippen LogP contribution >= 0.6 is 34.5 Å². The number of carbonyl (C=O) groups excluding carboxylic acids is 3. The van der Waals surface area contributed by atoms with Gasteiger partial charge in [0.2, 0.25) is 5.91 Å². The van der Waals surface area contributed by atoms with Crippen molar-refractivity contribution in [3.63, 3.8) is 0 Å². The zero-order valence-corrected chi connectivity index (χ0v) is 17.3. The molecular formula is C18H18Cl2N2O4S. The average Bonchev–Trinajstić information content (AvgIpc) is 2.94. The van der Waals surface area contributed by atoms with Crippen LogP contribution in [0, 0.1) is 6.92 Å². The van der Waals surface area contributed by atoms with Crippen LogP contribution in [-0.4, -0.2) is 24.9 Å². The first-order valence-corrected chi connectivity index (χ1v) is 9.64. The zero-order chi connectivity index (χ0) is 20.1. The molecule has 0 spiro atoms. The minimum atomic E-state index is -0.629. The molecule has 0 fully saturated rings. The van der Waals surface area contributed by atoms with Gasteiger partial charge in [0.25, 0.3) is 5.91 Å². The Hall–Kier alpha value is -2.09. The van der Waals surface area contributed by atoms with E-state index in [1.54, 1.807) is 25.1 Å². The lowest BCUT2D eigenvalue weighted by molar-refractivity contribution is -0.116. The molecule has 1 aromatic carbocycles. The normalized spacial score (nSPS) is 10.4. The summed E-state index contributed by atoms with van der Waals surface area (Å²) in [5, 5.41) is 6.15. The van der Waals surface area contributed by atoms with Crippen molar-refractivity contribution in [2.45, 2.75) is 26.7 Å². The lowest BCUT2D eigenvalue weighted by atomic mass is 10.1. The Morgan fingerprint density at radius 1 is 1.19 bits per heavy atom. The fourth-order valence-corrected chi connectivity index (χ4v) is 3.82. The van der Waals surface area contributed by atoms with Crippen molar-refractivity contribution in [3.8, 4) is 0 Å². The van der Waals surface area contributed by atoms with Crippen LogP contribution in [0.3, 0.4) is 0 Å². The number of hydrogen-bond acceptors (Lipinski definition) is 5. The lowest BCUT2D eigenvalue weighted by Gasteiger charge is -2.07. The van der Waals surface area contributed by atoms with Gasteiger partial charge in [-0.2, -0.15) is 0 Å². The van der Waals surface area contributed by atoms with Crippen molar-refractivity contribution >= 4 is 63.0 Å². The number of hydrogen-bond donors (Lipinski definition) is 2. The molecule has 0 radical (unpaired) electrons. The van der Waals surface area contributed by atoms with Crippen molar-refractivity contribution in [3.05, 3.63) is 44.2 Å². The first-order chi connectivity index (χ1) is 12.8. The van der Waals surface area contributed by atoms with Crippen LogP contribution in [0.5, 0.6) is 0 Å². The molecule has 144 valence electrons. The molecule has 27 heavy (non-hydrogen) atoms. The number of ether oxygens (including phenoxy) is 1. The number of methoxy groups -OCH3 is 1. The number of esters is 1. The molecule has 6 nitrogen and oxygen atoms in total. The predicted octanol–water partition coefficient (Wildman–Crippen LogP) is 5.14. The largest absolute Gasteiger partial charge is 0.465 e. The van der Waals surface area contributed by atoms with Crippen molar-refractivity contribution in [2.75, 3.05) is 17.7 Å². The summed E-state index contributed by atoms with van der Waals surface area (Å²) in [5.41, 5.74) is 0.918. The molecule has 0 aliphatic carbocycles. The van der Waals surface area contributed by atoms with E-state index in [1.165, 1.54) is 7.11 Å². The first-order valence-electron chi connectivity index (χ1n) is 8.07. The Balaban J connectivity index is 2.39. The Bertz CT molecular complexity index is 896. The van der Waals surface area contributed by atoms with E-state index in [0.717, 1.165) is 11.3 Å². The monoisotopic (exact) mass is 428 g/mol. The summed E-state index contributed by atoms with van der Waals surface area (Å²) >= 11 is 13.1. The maximum absolute atomic E-state index is 12.7. The summed E-state index contributed by atoms with van der Waals surface area (Å²) in [4.78, 5) is 37.1. The highest BCUT2D eigenvalue weighted by Crippen LogP contribution is 2.35. The zero-order valence-electron chi connectivity index (χ0n) is 14.9. The van der Waals surface area contributed by atoms with E-state index < -0.39 is 11.9 Å². The summed E-state index contributed by atoms with van der Waals surface area (Å²) < 4.78 is 4.79. The summed E-state index contributed by atoms with van der Waals surface area (Å²) in [6, 6.07) is 4.87. The van der Waals surface area contributed by atoms with Crippen LogP contribution in [0.25, 0.3) is 0 Å². The maximum Gasteiger partial charge on any atom is 0.341 e. The van der Waals surface area contributed by atoms with Crippen LogP contribution in [0.4, 0.5) is 10.7 Å². The molecule has 2 aromatic rings. The van der Waals surface area contributed by atoms with Gasteiger partial charge in [-0.3, -0.25) is 9.59 Å². The van der Waals surface area contributed by atoms with Gasteiger partial charge in [0, 0.05) is 6.42 Å². The van der Waals surface area contributed by atoms with Crippen molar-refractivity contribution in [1.29, 1.82) is 0 Å². The van der Waals surface area contributed by atoms with Crippen molar-refractivity contribution < 1.29 is 19.1 Å². The number of anilines is 2. The van der Waals surface area contributed by atoms with Gasteiger partial charge in [0.1, 0.15) is 5.00 Å². The molecule has 2 N–H and O–H groups in total. The van der Waals surface area contributed by atoms with Gasteiger partial charge >= 0.3 is 5.97 Å². The van der Waals surface area contributed by atoms with Crippen LogP contribution in [0.15, 0.2) is 18.2 Å². The third-order valence-corrected chi connectivity index (χ3v) is 5.70. The third-order valence-electron chi connectivity index (χ3n) is 3.67. The molecule has 0 bridgehead atoms. The van der Waals surface area contributed by atoms with E-state index in [-0.39, 0.29) is 26.4 Å². The van der Waals surface area contributed by atoms with Crippen LogP contribution in [-0.2, 0) is 9.53 Å². The second-order valence-electron chi connectivity index (χ2n) is 5.61. The molecule has 2 amide bonds. The molecular weight excluding hydrogens is 411 g/mol. The highest BCUT2D eigenvalue weighted by Gasteiger charge is 2.26. The number of halogens is 2. The van der Waals surface area contributed by atoms with Crippen LogP contribution in [0.2, 0.25) is 10.0 Å². The van der Waals surface area contributed by atoms with Gasteiger partial charge in [-0.1, -0.05) is 36.2 Å². The molecule has 0 unspecified atom stereocenters.